The van der Waals surface area contributed by atoms with Gasteiger partial charge in [0, 0.05) is 36.9 Å². The fourth-order valence-corrected chi connectivity index (χ4v) is 9.94. The molecular formula is C22H28BrFN2O3S. The number of carbonyl (C=O) groups is 1. The fraction of sp³-hybridized carbons (Fsp3) is 0.682. The second-order valence-corrected chi connectivity index (χ2v) is 13.6. The van der Waals surface area contributed by atoms with Crippen LogP contribution in [0, 0.1) is 23.1 Å². The average Bonchev–Trinajstić information content (AvgIpc) is 2.66. The number of nitrogens with zero attached hydrogens (tertiary/aromatic N) is 2. The Morgan fingerprint density at radius 2 is 1.70 bits per heavy atom. The van der Waals surface area contributed by atoms with Gasteiger partial charge in [-0.25, -0.2) is 12.8 Å². The van der Waals surface area contributed by atoms with E-state index in [1.807, 2.05) is 4.90 Å². The molecule has 0 spiro atoms. The van der Waals surface area contributed by atoms with Crippen LogP contribution in [0.15, 0.2) is 29.2 Å². The van der Waals surface area contributed by atoms with Crippen molar-refractivity contribution in [3.05, 3.63) is 30.1 Å². The van der Waals surface area contributed by atoms with E-state index >= 15 is 0 Å². The highest BCUT2D eigenvalue weighted by molar-refractivity contribution is 9.10. The van der Waals surface area contributed by atoms with Crippen LogP contribution in [0.2, 0.25) is 0 Å². The summed E-state index contributed by atoms with van der Waals surface area (Å²) in [6.07, 6.45) is 7.77. The Balaban J connectivity index is 1.23. The average molecular weight is 499 g/mol. The van der Waals surface area contributed by atoms with Crippen molar-refractivity contribution in [2.75, 3.05) is 26.2 Å². The third-order valence-electron chi connectivity index (χ3n) is 7.68. The number of halogens is 2. The van der Waals surface area contributed by atoms with Crippen molar-refractivity contribution >= 4 is 31.9 Å². The molecule has 1 heterocycles. The van der Waals surface area contributed by atoms with Crippen LogP contribution in [0.5, 0.6) is 0 Å². The lowest BCUT2D eigenvalue weighted by molar-refractivity contribution is -0.139. The lowest BCUT2D eigenvalue weighted by atomic mass is 9.48. The Labute approximate surface area is 186 Å². The number of hydrogen-bond acceptors (Lipinski definition) is 3. The summed E-state index contributed by atoms with van der Waals surface area (Å²) in [5.74, 6) is 0.889. The maximum absolute atomic E-state index is 14.0. The van der Waals surface area contributed by atoms with E-state index in [2.05, 4.69) is 15.9 Å². The molecule has 0 radical (unpaired) electrons. The zero-order valence-corrected chi connectivity index (χ0v) is 19.4. The van der Waals surface area contributed by atoms with Gasteiger partial charge < -0.3 is 4.90 Å². The zero-order chi connectivity index (χ0) is 21.1. The minimum atomic E-state index is -3.88. The quantitative estimate of drug-likeness (QED) is 0.593. The summed E-state index contributed by atoms with van der Waals surface area (Å²) in [5, 5.41) is 0. The van der Waals surface area contributed by atoms with E-state index in [1.54, 1.807) is 0 Å². The maximum Gasteiger partial charge on any atom is 0.246 e. The molecule has 1 aromatic carbocycles. The fourth-order valence-electron chi connectivity index (χ4n) is 6.95. The van der Waals surface area contributed by atoms with Gasteiger partial charge in [0.2, 0.25) is 15.9 Å². The predicted molar refractivity (Wildman–Crippen MR) is 115 cm³/mol. The van der Waals surface area contributed by atoms with Crippen molar-refractivity contribution in [1.29, 1.82) is 0 Å². The molecule has 4 bridgehead atoms. The van der Waals surface area contributed by atoms with Crippen LogP contribution in [0.3, 0.4) is 0 Å². The number of hydrogen-bond donors (Lipinski definition) is 0. The summed E-state index contributed by atoms with van der Waals surface area (Å²) >= 11 is 4.01. The minimum absolute atomic E-state index is 0.112. The van der Waals surface area contributed by atoms with E-state index < -0.39 is 15.8 Å². The van der Waals surface area contributed by atoms with Crippen molar-refractivity contribution < 1.29 is 17.6 Å². The van der Waals surface area contributed by atoms with Crippen LogP contribution >= 0.6 is 15.9 Å². The second-order valence-electron chi connectivity index (χ2n) is 10.0. The van der Waals surface area contributed by atoms with Crippen molar-refractivity contribution in [2.24, 2.45) is 17.3 Å². The first kappa shape index (κ1) is 20.9. The molecule has 0 aromatic heterocycles. The van der Waals surface area contributed by atoms with Crippen LogP contribution in [0.1, 0.15) is 44.9 Å². The molecule has 2 atom stereocenters. The predicted octanol–water partition coefficient (Wildman–Crippen LogP) is 3.78. The lowest BCUT2D eigenvalue weighted by Gasteiger charge is -2.60. The van der Waals surface area contributed by atoms with Gasteiger partial charge in [-0.05, 0) is 67.9 Å². The molecular weight excluding hydrogens is 471 g/mol. The molecule has 1 aliphatic heterocycles. The van der Waals surface area contributed by atoms with Crippen LogP contribution < -0.4 is 0 Å². The van der Waals surface area contributed by atoms with Gasteiger partial charge in [0.15, 0.2) is 0 Å². The van der Waals surface area contributed by atoms with Gasteiger partial charge >= 0.3 is 0 Å². The normalized spacial score (nSPS) is 36.3. The van der Waals surface area contributed by atoms with Gasteiger partial charge in [-0.2, -0.15) is 4.31 Å². The van der Waals surface area contributed by atoms with E-state index in [4.69, 9.17) is 0 Å². The topological polar surface area (TPSA) is 57.7 Å². The minimum Gasteiger partial charge on any atom is -0.340 e. The smallest absolute Gasteiger partial charge is 0.246 e. The molecule has 4 aliphatic carbocycles. The molecule has 1 aromatic rings. The van der Waals surface area contributed by atoms with Gasteiger partial charge in [0.05, 0.1) is 0 Å². The second kappa shape index (κ2) is 7.27. The monoisotopic (exact) mass is 498 g/mol. The molecule has 1 saturated heterocycles. The van der Waals surface area contributed by atoms with E-state index in [-0.39, 0.29) is 33.6 Å². The third-order valence-corrected chi connectivity index (χ3v) is 10.5. The van der Waals surface area contributed by atoms with Crippen molar-refractivity contribution in [3.63, 3.8) is 0 Å². The Hall–Kier alpha value is -0.990. The first-order valence-electron chi connectivity index (χ1n) is 10.9. The molecule has 164 valence electrons. The Bertz CT molecular complexity index is 947. The summed E-state index contributed by atoms with van der Waals surface area (Å²) < 4.78 is 41.1. The third kappa shape index (κ3) is 3.62. The van der Waals surface area contributed by atoms with Gasteiger partial charge in [-0.15, -0.1) is 0 Å². The van der Waals surface area contributed by atoms with Gasteiger partial charge in [-0.3, -0.25) is 4.79 Å². The van der Waals surface area contributed by atoms with E-state index in [0.29, 0.717) is 19.5 Å². The Morgan fingerprint density at radius 3 is 2.30 bits per heavy atom. The molecule has 30 heavy (non-hydrogen) atoms. The number of alkyl halides is 1. The maximum atomic E-state index is 14.0. The van der Waals surface area contributed by atoms with E-state index in [1.165, 1.54) is 41.8 Å². The number of piperazine rings is 1. The van der Waals surface area contributed by atoms with Crippen molar-refractivity contribution in [3.8, 4) is 0 Å². The first-order valence-corrected chi connectivity index (χ1v) is 13.1. The summed E-state index contributed by atoms with van der Waals surface area (Å²) in [5.41, 5.74) is 0.112. The summed E-state index contributed by atoms with van der Waals surface area (Å²) in [6.45, 7) is 1.16. The SMILES string of the molecule is O=C(CC12CC3CC(CC(Br)(C3)C1)C2)N1CCN(S(=O)(=O)c2ccccc2F)CC1. The molecule has 4 saturated carbocycles. The lowest BCUT2D eigenvalue weighted by Crippen LogP contribution is -2.55. The summed E-state index contributed by atoms with van der Waals surface area (Å²) in [4.78, 5) is 14.7. The number of sulfonamides is 1. The van der Waals surface area contributed by atoms with Crippen LogP contribution in [-0.4, -0.2) is 54.0 Å². The van der Waals surface area contributed by atoms with Crippen LogP contribution in [0.4, 0.5) is 4.39 Å². The molecule has 5 aliphatic rings. The number of carbonyl (C=O) groups excluding carboxylic acids is 1. The molecule has 5 fully saturated rings. The largest absolute Gasteiger partial charge is 0.340 e. The first-order chi connectivity index (χ1) is 14.2. The molecule has 0 N–H and O–H groups in total. The van der Waals surface area contributed by atoms with Gasteiger partial charge in [-0.1, -0.05) is 28.1 Å². The number of benzene rings is 1. The highest BCUT2D eigenvalue weighted by atomic mass is 79.9. The Morgan fingerprint density at radius 1 is 1.07 bits per heavy atom. The van der Waals surface area contributed by atoms with E-state index in [9.17, 15) is 17.6 Å². The molecule has 1 amide bonds. The molecule has 8 heteroatoms. The highest BCUT2D eigenvalue weighted by Gasteiger charge is 2.57. The Kier molecular flexibility index (Phi) is 5.06. The summed E-state index contributed by atoms with van der Waals surface area (Å²) in [6, 6.07) is 5.46. The van der Waals surface area contributed by atoms with Crippen molar-refractivity contribution in [2.45, 2.75) is 54.2 Å². The highest BCUT2D eigenvalue weighted by Crippen LogP contribution is 2.65. The van der Waals surface area contributed by atoms with Crippen molar-refractivity contribution in [1.82, 2.24) is 9.21 Å². The molecule has 6 rings (SSSR count). The summed E-state index contributed by atoms with van der Waals surface area (Å²) in [7, 11) is -3.88. The number of amides is 1. The number of rotatable bonds is 4. The standard InChI is InChI=1S/C22H28BrFN2O3S/c23-22-12-16-9-17(13-22)11-21(10-16,15-22)14-20(27)25-5-7-26(8-6-25)30(28,29)19-4-2-1-3-18(19)24/h1-4,16-17H,5-15H2. The van der Waals surface area contributed by atoms with Gasteiger partial charge in [0.25, 0.3) is 0 Å². The van der Waals surface area contributed by atoms with E-state index in [0.717, 1.165) is 37.2 Å². The van der Waals surface area contributed by atoms with Gasteiger partial charge in [0.1, 0.15) is 10.7 Å². The van der Waals surface area contributed by atoms with Crippen LogP contribution in [-0.2, 0) is 14.8 Å². The van der Waals surface area contributed by atoms with Crippen LogP contribution in [0.25, 0.3) is 0 Å². The molecule has 5 nitrogen and oxygen atoms in total. The molecule has 2 unspecified atom stereocenters. The zero-order valence-electron chi connectivity index (χ0n) is 17.0.